The van der Waals surface area contributed by atoms with E-state index in [1.807, 2.05) is 37.3 Å². The Bertz CT molecular complexity index is 1340. The van der Waals surface area contributed by atoms with Gasteiger partial charge in [-0.15, -0.1) is 0 Å². The Hall–Kier alpha value is -4.47. The van der Waals surface area contributed by atoms with Crippen LogP contribution >= 0.6 is 0 Å². The maximum Gasteiger partial charge on any atom is 0.407 e. The molecule has 35 heavy (non-hydrogen) atoms. The monoisotopic (exact) mass is 476 g/mol. The SMILES string of the molecule is CCN(Cc1nc(NC(=O)N[C@H](C)c2ccccc2)cc2cnn(-c3ccc(F)cc3)c12)C(=O)O. The lowest BCUT2D eigenvalue weighted by Crippen LogP contribution is -2.32. The molecule has 0 aliphatic rings. The second kappa shape index (κ2) is 10.2. The minimum atomic E-state index is -1.09. The molecule has 0 radical (unpaired) electrons. The van der Waals surface area contributed by atoms with Crippen LogP contribution in [0.25, 0.3) is 16.6 Å². The van der Waals surface area contributed by atoms with Crippen molar-refractivity contribution in [1.82, 2.24) is 25.0 Å². The molecule has 9 nitrogen and oxygen atoms in total. The molecule has 0 unspecified atom stereocenters. The lowest BCUT2D eigenvalue weighted by molar-refractivity contribution is 0.144. The number of carboxylic acid groups (broad SMARTS) is 1. The van der Waals surface area contributed by atoms with E-state index >= 15 is 0 Å². The number of amides is 3. The van der Waals surface area contributed by atoms with Gasteiger partial charge in [-0.2, -0.15) is 5.10 Å². The van der Waals surface area contributed by atoms with Gasteiger partial charge in [0, 0.05) is 11.9 Å². The van der Waals surface area contributed by atoms with Gasteiger partial charge in [0.2, 0.25) is 0 Å². The van der Waals surface area contributed by atoms with E-state index in [0.29, 0.717) is 22.3 Å². The van der Waals surface area contributed by atoms with Crippen molar-refractivity contribution in [3.63, 3.8) is 0 Å². The average molecular weight is 477 g/mol. The quantitative estimate of drug-likeness (QED) is 0.350. The van der Waals surface area contributed by atoms with Crippen LogP contribution in [-0.4, -0.2) is 43.4 Å². The molecule has 2 aromatic carbocycles. The number of hydrogen-bond acceptors (Lipinski definition) is 4. The second-order valence-electron chi connectivity index (χ2n) is 7.95. The number of nitrogens with one attached hydrogen (secondary N) is 2. The largest absolute Gasteiger partial charge is 0.465 e. The molecule has 0 aliphatic heterocycles. The zero-order valence-corrected chi connectivity index (χ0v) is 19.3. The van der Waals surface area contributed by atoms with E-state index in [-0.39, 0.29) is 30.8 Å². The Morgan fingerprint density at radius 1 is 1.14 bits per heavy atom. The number of benzene rings is 2. The minimum Gasteiger partial charge on any atom is -0.465 e. The fourth-order valence-electron chi connectivity index (χ4n) is 3.76. The van der Waals surface area contributed by atoms with E-state index in [1.54, 1.807) is 36.0 Å². The molecule has 0 saturated carbocycles. The lowest BCUT2D eigenvalue weighted by Gasteiger charge is -2.19. The average Bonchev–Trinajstić information content (AvgIpc) is 3.27. The zero-order valence-electron chi connectivity index (χ0n) is 19.3. The van der Waals surface area contributed by atoms with E-state index in [0.717, 1.165) is 5.56 Å². The van der Waals surface area contributed by atoms with Crippen LogP contribution in [0.5, 0.6) is 0 Å². The standard InChI is InChI=1S/C25H25FN6O3/c1-3-31(25(34)35)15-21-23-18(14-27-32(23)20-11-9-19(26)10-12-20)13-22(29-21)30-24(33)28-16(2)17-7-5-4-6-8-17/h4-14,16H,3,15H2,1-2H3,(H,34,35)(H2,28,29,30,33)/t16-/m1/s1. The van der Waals surface area contributed by atoms with Crippen molar-refractivity contribution in [3.8, 4) is 5.69 Å². The van der Waals surface area contributed by atoms with Crippen LogP contribution < -0.4 is 10.6 Å². The summed E-state index contributed by atoms with van der Waals surface area (Å²) in [6.45, 7) is 3.82. The number of hydrogen-bond donors (Lipinski definition) is 3. The molecule has 3 N–H and O–H groups in total. The number of halogens is 1. The van der Waals surface area contributed by atoms with Crippen LogP contribution in [0.15, 0.2) is 66.9 Å². The summed E-state index contributed by atoms with van der Waals surface area (Å²) in [7, 11) is 0. The van der Waals surface area contributed by atoms with E-state index in [4.69, 9.17) is 0 Å². The molecule has 0 spiro atoms. The number of carbonyl (C=O) groups is 2. The van der Waals surface area contributed by atoms with Gasteiger partial charge in [-0.3, -0.25) is 5.32 Å². The van der Waals surface area contributed by atoms with Gasteiger partial charge in [0.1, 0.15) is 11.6 Å². The third kappa shape index (κ3) is 5.37. The molecule has 180 valence electrons. The molecule has 1 atom stereocenters. The fraction of sp³-hybridized carbons (Fsp3) is 0.200. The maximum absolute atomic E-state index is 13.4. The third-order valence-electron chi connectivity index (χ3n) is 5.57. The van der Waals surface area contributed by atoms with Crippen LogP contribution in [0.2, 0.25) is 0 Å². The molecule has 0 bridgehead atoms. The highest BCUT2D eigenvalue weighted by atomic mass is 19.1. The van der Waals surface area contributed by atoms with Crippen molar-refractivity contribution in [2.45, 2.75) is 26.4 Å². The van der Waals surface area contributed by atoms with Crippen LogP contribution in [0.4, 0.5) is 19.8 Å². The second-order valence-corrected chi connectivity index (χ2v) is 7.95. The summed E-state index contributed by atoms with van der Waals surface area (Å²) in [5, 5.41) is 20.2. The Kier molecular flexibility index (Phi) is 6.91. The molecular weight excluding hydrogens is 451 g/mol. The normalized spacial score (nSPS) is 11.7. The number of anilines is 1. The summed E-state index contributed by atoms with van der Waals surface area (Å²) in [5.74, 6) is -0.126. The van der Waals surface area contributed by atoms with Crippen molar-refractivity contribution in [2.24, 2.45) is 0 Å². The smallest absolute Gasteiger partial charge is 0.407 e. The highest BCUT2D eigenvalue weighted by Crippen LogP contribution is 2.25. The lowest BCUT2D eigenvalue weighted by atomic mass is 10.1. The van der Waals surface area contributed by atoms with Gasteiger partial charge < -0.3 is 15.3 Å². The first kappa shape index (κ1) is 23.7. The van der Waals surface area contributed by atoms with Gasteiger partial charge in [0.25, 0.3) is 0 Å². The molecule has 0 aliphatic carbocycles. The van der Waals surface area contributed by atoms with E-state index in [9.17, 15) is 19.1 Å². The summed E-state index contributed by atoms with van der Waals surface area (Å²) in [6, 6.07) is 16.3. The van der Waals surface area contributed by atoms with Crippen LogP contribution in [0.1, 0.15) is 31.1 Å². The summed E-state index contributed by atoms with van der Waals surface area (Å²) in [5.41, 5.74) is 2.52. The number of aromatic nitrogens is 3. The Labute approximate surface area is 201 Å². The molecule has 4 rings (SSSR count). The Morgan fingerprint density at radius 3 is 2.51 bits per heavy atom. The molecular formula is C25H25FN6O3. The number of rotatable bonds is 7. The zero-order chi connectivity index (χ0) is 24.9. The maximum atomic E-state index is 13.4. The van der Waals surface area contributed by atoms with Crippen LogP contribution in [0.3, 0.4) is 0 Å². The summed E-state index contributed by atoms with van der Waals surface area (Å²) in [4.78, 5) is 30.1. The first-order valence-corrected chi connectivity index (χ1v) is 11.1. The molecule has 0 fully saturated rings. The van der Waals surface area contributed by atoms with Crippen molar-refractivity contribution in [3.05, 3.63) is 83.9 Å². The van der Waals surface area contributed by atoms with Crippen molar-refractivity contribution in [2.75, 3.05) is 11.9 Å². The van der Waals surface area contributed by atoms with E-state index in [1.165, 1.54) is 17.0 Å². The van der Waals surface area contributed by atoms with Gasteiger partial charge in [0.15, 0.2) is 0 Å². The topological polar surface area (TPSA) is 112 Å². The number of nitrogens with zero attached hydrogens (tertiary/aromatic N) is 4. The van der Waals surface area contributed by atoms with Gasteiger partial charge in [-0.25, -0.2) is 23.6 Å². The summed E-state index contributed by atoms with van der Waals surface area (Å²) < 4.78 is 15.0. The summed E-state index contributed by atoms with van der Waals surface area (Å²) in [6.07, 6.45) is 0.499. The highest BCUT2D eigenvalue weighted by molar-refractivity contribution is 5.92. The molecule has 3 amide bonds. The van der Waals surface area contributed by atoms with Crippen molar-refractivity contribution >= 4 is 28.8 Å². The molecule has 10 heteroatoms. The Balaban J connectivity index is 1.67. The van der Waals surface area contributed by atoms with E-state index < -0.39 is 12.1 Å². The number of urea groups is 1. The number of fused-ring (bicyclic) bond motifs is 1. The van der Waals surface area contributed by atoms with Crippen molar-refractivity contribution < 1.29 is 19.1 Å². The predicted octanol–water partition coefficient (Wildman–Crippen LogP) is 4.94. The van der Waals surface area contributed by atoms with Gasteiger partial charge in [0.05, 0.1) is 35.7 Å². The third-order valence-corrected chi connectivity index (χ3v) is 5.57. The number of carbonyl (C=O) groups excluding carboxylic acids is 1. The first-order chi connectivity index (χ1) is 16.9. The van der Waals surface area contributed by atoms with Gasteiger partial charge >= 0.3 is 12.1 Å². The first-order valence-electron chi connectivity index (χ1n) is 11.1. The molecule has 4 aromatic rings. The van der Waals surface area contributed by atoms with Crippen LogP contribution in [-0.2, 0) is 6.54 Å². The molecule has 2 heterocycles. The predicted molar refractivity (Wildman–Crippen MR) is 130 cm³/mol. The fourth-order valence-corrected chi connectivity index (χ4v) is 3.76. The highest BCUT2D eigenvalue weighted by Gasteiger charge is 2.19. The summed E-state index contributed by atoms with van der Waals surface area (Å²) >= 11 is 0. The molecule has 2 aromatic heterocycles. The molecule has 0 saturated heterocycles. The van der Waals surface area contributed by atoms with Crippen molar-refractivity contribution in [1.29, 1.82) is 0 Å². The van der Waals surface area contributed by atoms with E-state index in [2.05, 4.69) is 20.7 Å². The van der Waals surface area contributed by atoms with Gasteiger partial charge in [-0.05, 0) is 49.7 Å². The van der Waals surface area contributed by atoms with Crippen LogP contribution in [0, 0.1) is 5.82 Å². The number of pyridine rings is 1. The minimum absolute atomic E-state index is 0.0211. The Morgan fingerprint density at radius 2 is 1.86 bits per heavy atom. The van der Waals surface area contributed by atoms with Gasteiger partial charge in [-0.1, -0.05) is 30.3 Å².